The maximum absolute atomic E-state index is 12.5. The van der Waals surface area contributed by atoms with Gasteiger partial charge in [0, 0.05) is 30.8 Å². The Bertz CT molecular complexity index is 804. The van der Waals surface area contributed by atoms with E-state index >= 15 is 0 Å². The van der Waals surface area contributed by atoms with E-state index in [9.17, 15) is 9.59 Å². The molecule has 0 heterocycles. The number of Topliss-reactive ketones (excluding diaryl/α,β-unsaturated/α-hetero) is 1. The van der Waals surface area contributed by atoms with Crippen molar-refractivity contribution in [1.29, 1.82) is 0 Å². The van der Waals surface area contributed by atoms with Gasteiger partial charge in [-0.3, -0.25) is 9.59 Å². The Balaban J connectivity index is 1.75. The van der Waals surface area contributed by atoms with E-state index in [4.69, 9.17) is 0 Å². The number of rotatable bonds is 13. The molecule has 0 aromatic heterocycles. The van der Waals surface area contributed by atoms with Crippen LogP contribution in [0.25, 0.3) is 0 Å². The lowest BCUT2D eigenvalue weighted by atomic mass is 10.0. The Labute approximate surface area is 174 Å². The summed E-state index contributed by atoms with van der Waals surface area (Å²) in [6, 6.07) is 14.0. The number of unbranched alkanes of at least 4 members (excludes halogenated alkanes) is 1. The lowest BCUT2D eigenvalue weighted by Crippen LogP contribution is -2.22. The zero-order valence-corrected chi connectivity index (χ0v) is 17.8. The van der Waals surface area contributed by atoms with Crippen molar-refractivity contribution in [3.8, 4) is 0 Å². The zero-order valence-electron chi connectivity index (χ0n) is 17.8. The number of hydrogen-bond donors (Lipinski definition) is 2. The van der Waals surface area contributed by atoms with Gasteiger partial charge in [-0.2, -0.15) is 0 Å². The van der Waals surface area contributed by atoms with Gasteiger partial charge in [0.05, 0.1) is 0 Å². The third-order valence-corrected chi connectivity index (χ3v) is 5.23. The summed E-state index contributed by atoms with van der Waals surface area (Å²) in [6.07, 6.45) is 4.14. The van der Waals surface area contributed by atoms with Crippen molar-refractivity contribution in [2.24, 2.45) is 0 Å². The van der Waals surface area contributed by atoms with Gasteiger partial charge in [0.2, 0.25) is 6.41 Å². The topological polar surface area (TPSA) is 61.4 Å². The molecule has 0 saturated carbocycles. The van der Waals surface area contributed by atoms with Gasteiger partial charge in [-0.05, 0) is 81.7 Å². The molecule has 2 aromatic rings. The van der Waals surface area contributed by atoms with Crippen LogP contribution in [0.4, 0.5) is 5.69 Å². The Kier molecular flexibility index (Phi) is 9.54. The highest BCUT2D eigenvalue weighted by Crippen LogP contribution is 2.19. The Morgan fingerprint density at radius 2 is 1.86 bits per heavy atom. The fourth-order valence-corrected chi connectivity index (χ4v) is 3.43. The number of benzene rings is 2. The first-order chi connectivity index (χ1) is 14.0. The molecule has 0 fully saturated rings. The number of aryl methyl sites for hydroxylation is 1. The lowest BCUT2D eigenvalue weighted by molar-refractivity contribution is -0.105. The van der Waals surface area contributed by atoms with Crippen molar-refractivity contribution in [3.63, 3.8) is 0 Å². The van der Waals surface area contributed by atoms with E-state index in [1.165, 1.54) is 11.1 Å². The summed E-state index contributed by atoms with van der Waals surface area (Å²) >= 11 is 0. The second-order valence-electron chi connectivity index (χ2n) is 7.52. The number of nitrogens with one attached hydrogen (secondary N) is 2. The van der Waals surface area contributed by atoms with Crippen molar-refractivity contribution in [3.05, 3.63) is 64.7 Å². The Morgan fingerprint density at radius 1 is 1.07 bits per heavy atom. The van der Waals surface area contributed by atoms with Gasteiger partial charge in [0.25, 0.3) is 0 Å². The Morgan fingerprint density at radius 3 is 2.59 bits per heavy atom. The zero-order chi connectivity index (χ0) is 21.1. The molecular formula is C24H33N3O2. The van der Waals surface area contributed by atoms with Crippen LogP contribution < -0.4 is 10.6 Å². The summed E-state index contributed by atoms with van der Waals surface area (Å²) in [6.45, 7) is 4.77. The molecule has 0 aliphatic carbocycles. The second kappa shape index (κ2) is 12.1. The molecule has 0 saturated heterocycles. The summed E-state index contributed by atoms with van der Waals surface area (Å²) in [4.78, 5) is 25.6. The first kappa shape index (κ1) is 22.8. The van der Waals surface area contributed by atoms with E-state index in [1.807, 2.05) is 13.1 Å². The van der Waals surface area contributed by atoms with Crippen molar-refractivity contribution in [2.75, 3.05) is 32.5 Å². The summed E-state index contributed by atoms with van der Waals surface area (Å²) in [5.41, 5.74) is 5.11. The van der Waals surface area contributed by atoms with Gasteiger partial charge in [-0.1, -0.05) is 24.3 Å². The molecule has 5 nitrogen and oxygen atoms in total. The SMILES string of the molecule is CNCc1cc(C(=O)CCCCN(C)CCc2ccccc2C)ccc1NC=O. The third kappa shape index (κ3) is 7.44. The van der Waals surface area contributed by atoms with Crippen LogP contribution in [0, 0.1) is 6.92 Å². The van der Waals surface area contributed by atoms with Gasteiger partial charge < -0.3 is 15.5 Å². The molecule has 2 aromatic carbocycles. The smallest absolute Gasteiger partial charge is 0.211 e. The van der Waals surface area contributed by atoms with E-state index in [1.54, 1.807) is 12.1 Å². The van der Waals surface area contributed by atoms with Gasteiger partial charge in [-0.15, -0.1) is 0 Å². The fourth-order valence-electron chi connectivity index (χ4n) is 3.43. The van der Waals surface area contributed by atoms with Crippen LogP contribution in [-0.2, 0) is 17.8 Å². The highest BCUT2D eigenvalue weighted by molar-refractivity contribution is 5.97. The van der Waals surface area contributed by atoms with Crippen LogP contribution in [0.1, 0.15) is 46.3 Å². The monoisotopic (exact) mass is 395 g/mol. The van der Waals surface area contributed by atoms with E-state index in [0.29, 0.717) is 24.9 Å². The average molecular weight is 396 g/mol. The normalized spacial score (nSPS) is 10.9. The van der Waals surface area contributed by atoms with Crippen molar-refractivity contribution >= 4 is 17.9 Å². The molecular weight excluding hydrogens is 362 g/mol. The highest BCUT2D eigenvalue weighted by Gasteiger charge is 2.10. The van der Waals surface area contributed by atoms with Gasteiger partial charge in [0.15, 0.2) is 5.78 Å². The maximum Gasteiger partial charge on any atom is 0.211 e. The third-order valence-electron chi connectivity index (χ3n) is 5.23. The molecule has 5 heteroatoms. The largest absolute Gasteiger partial charge is 0.328 e. The van der Waals surface area contributed by atoms with Crippen LogP contribution in [0.3, 0.4) is 0 Å². The minimum Gasteiger partial charge on any atom is -0.328 e. The second-order valence-corrected chi connectivity index (χ2v) is 7.52. The van der Waals surface area contributed by atoms with Crippen LogP contribution in [0.15, 0.2) is 42.5 Å². The van der Waals surface area contributed by atoms with Crippen LogP contribution in [-0.4, -0.2) is 44.3 Å². The predicted molar refractivity (Wildman–Crippen MR) is 119 cm³/mol. The van der Waals surface area contributed by atoms with Crippen molar-refractivity contribution < 1.29 is 9.59 Å². The molecule has 2 N–H and O–H groups in total. The number of likely N-dealkylation sites (N-methyl/N-ethyl adjacent to an activating group) is 1. The summed E-state index contributed by atoms with van der Waals surface area (Å²) in [5.74, 6) is 0.155. The number of ketones is 1. The minimum atomic E-state index is 0.155. The molecule has 0 aliphatic rings. The summed E-state index contributed by atoms with van der Waals surface area (Å²) in [7, 11) is 3.98. The van der Waals surface area contributed by atoms with Gasteiger partial charge >= 0.3 is 0 Å². The fraction of sp³-hybridized carbons (Fsp3) is 0.417. The predicted octanol–water partition coefficient (Wildman–Crippen LogP) is 3.81. The van der Waals surface area contributed by atoms with Crippen LogP contribution >= 0.6 is 0 Å². The molecule has 0 spiro atoms. The molecule has 2 rings (SSSR count). The number of carbonyl (C=O) groups excluding carboxylic acids is 2. The van der Waals surface area contributed by atoms with E-state index in [0.717, 1.165) is 43.6 Å². The molecule has 0 radical (unpaired) electrons. The number of amides is 1. The molecule has 0 atom stereocenters. The molecule has 0 aliphatic heterocycles. The maximum atomic E-state index is 12.5. The van der Waals surface area contributed by atoms with E-state index in [2.05, 4.69) is 53.8 Å². The van der Waals surface area contributed by atoms with Gasteiger partial charge in [-0.25, -0.2) is 0 Å². The number of nitrogens with zero attached hydrogens (tertiary/aromatic N) is 1. The van der Waals surface area contributed by atoms with E-state index in [-0.39, 0.29) is 5.78 Å². The Hall–Kier alpha value is -2.50. The first-order valence-electron chi connectivity index (χ1n) is 10.3. The molecule has 0 bridgehead atoms. The minimum absolute atomic E-state index is 0.155. The molecule has 29 heavy (non-hydrogen) atoms. The van der Waals surface area contributed by atoms with Crippen LogP contribution in [0.2, 0.25) is 0 Å². The van der Waals surface area contributed by atoms with Crippen molar-refractivity contribution in [2.45, 2.75) is 39.2 Å². The first-order valence-corrected chi connectivity index (χ1v) is 10.3. The highest BCUT2D eigenvalue weighted by atomic mass is 16.1. The molecule has 1 amide bonds. The lowest BCUT2D eigenvalue weighted by Gasteiger charge is -2.17. The van der Waals surface area contributed by atoms with Crippen molar-refractivity contribution in [1.82, 2.24) is 10.2 Å². The quantitative estimate of drug-likeness (QED) is 0.308. The standard InChI is InChI=1S/C24H33N3O2/c1-19-8-4-5-9-20(19)13-15-27(3)14-7-6-10-24(29)21-11-12-23(26-18-28)22(16-21)17-25-2/h4-5,8-9,11-12,16,18,25H,6-7,10,13-15,17H2,1-3H3,(H,26,28). The number of carbonyl (C=O) groups is 2. The summed E-state index contributed by atoms with van der Waals surface area (Å²) in [5, 5.41) is 5.75. The van der Waals surface area contributed by atoms with Crippen LogP contribution in [0.5, 0.6) is 0 Å². The number of anilines is 1. The summed E-state index contributed by atoms with van der Waals surface area (Å²) < 4.78 is 0. The molecule has 0 unspecified atom stereocenters. The number of hydrogen-bond acceptors (Lipinski definition) is 4. The van der Waals surface area contributed by atoms with E-state index < -0.39 is 0 Å². The van der Waals surface area contributed by atoms with Gasteiger partial charge in [0.1, 0.15) is 0 Å². The average Bonchev–Trinajstić information content (AvgIpc) is 2.72. The molecule has 156 valence electrons.